The Bertz CT molecular complexity index is 1040. The van der Waals surface area contributed by atoms with Crippen molar-refractivity contribution in [2.75, 3.05) is 51.7 Å². The number of piperazine rings is 1. The number of fused-ring (bicyclic) bond motifs is 1. The molecule has 1 aliphatic heterocycles. The minimum atomic E-state index is -2.68. The zero-order valence-electron chi connectivity index (χ0n) is 17.1. The van der Waals surface area contributed by atoms with E-state index in [9.17, 15) is 13.6 Å². The summed E-state index contributed by atoms with van der Waals surface area (Å²) in [5, 5.41) is 0. The van der Waals surface area contributed by atoms with E-state index in [4.69, 9.17) is 0 Å². The third-order valence-corrected chi connectivity index (χ3v) is 5.34. The molecule has 0 aliphatic carbocycles. The molecular weight excluding hydrogens is 388 g/mol. The molecule has 0 unspecified atom stereocenters. The van der Waals surface area contributed by atoms with Gasteiger partial charge < -0.3 is 14.7 Å². The van der Waals surface area contributed by atoms with Gasteiger partial charge >= 0.3 is 6.55 Å². The second-order valence-corrected chi connectivity index (χ2v) is 7.73. The van der Waals surface area contributed by atoms with Crippen LogP contribution in [-0.4, -0.2) is 72.1 Å². The van der Waals surface area contributed by atoms with Crippen LogP contribution in [-0.2, 0) is 4.79 Å². The number of anilines is 1. The number of para-hydroxylation sites is 2. The lowest BCUT2D eigenvalue weighted by Crippen LogP contribution is -2.50. The highest BCUT2D eigenvalue weighted by Gasteiger charge is 2.23. The summed E-state index contributed by atoms with van der Waals surface area (Å²) in [6, 6.07) is 14.5. The molecule has 1 amide bonds. The van der Waals surface area contributed by atoms with Crippen molar-refractivity contribution in [1.82, 2.24) is 19.4 Å². The number of alkyl halides is 2. The molecule has 8 heteroatoms. The summed E-state index contributed by atoms with van der Waals surface area (Å²) in [7, 11) is 3.76. The molecule has 2 heterocycles. The van der Waals surface area contributed by atoms with E-state index in [1.807, 2.05) is 42.1 Å². The van der Waals surface area contributed by atoms with E-state index in [2.05, 4.69) is 9.88 Å². The zero-order valence-corrected chi connectivity index (χ0v) is 17.1. The Morgan fingerprint density at radius 1 is 1.07 bits per heavy atom. The van der Waals surface area contributed by atoms with Gasteiger partial charge in [0.2, 0.25) is 5.91 Å². The van der Waals surface area contributed by atoms with E-state index in [1.165, 1.54) is 0 Å². The molecule has 4 rings (SSSR count). The number of amides is 1. The molecule has 0 saturated carbocycles. The van der Waals surface area contributed by atoms with Crippen LogP contribution < -0.4 is 4.90 Å². The molecule has 2 aromatic carbocycles. The maximum absolute atomic E-state index is 13.8. The highest BCUT2D eigenvalue weighted by atomic mass is 19.3. The Balaban J connectivity index is 1.57. The first-order chi connectivity index (χ1) is 14.4. The van der Waals surface area contributed by atoms with Crippen molar-refractivity contribution in [3.63, 3.8) is 0 Å². The van der Waals surface area contributed by atoms with Gasteiger partial charge in [0, 0.05) is 37.4 Å². The van der Waals surface area contributed by atoms with E-state index < -0.39 is 6.55 Å². The van der Waals surface area contributed by atoms with E-state index in [0.29, 0.717) is 49.3 Å². The van der Waals surface area contributed by atoms with Crippen LogP contribution in [0.4, 0.5) is 14.5 Å². The van der Waals surface area contributed by atoms with Gasteiger partial charge in [-0.15, -0.1) is 0 Å². The number of carbonyl (C=O) groups excluding carboxylic acids is 1. The number of rotatable bonds is 5. The topological polar surface area (TPSA) is 44.6 Å². The van der Waals surface area contributed by atoms with Crippen LogP contribution in [0, 0.1) is 0 Å². The fourth-order valence-corrected chi connectivity index (χ4v) is 3.87. The van der Waals surface area contributed by atoms with Gasteiger partial charge in [0.15, 0.2) is 0 Å². The Morgan fingerprint density at radius 2 is 1.80 bits per heavy atom. The quantitative estimate of drug-likeness (QED) is 0.644. The zero-order chi connectivity index (χ0) is 21.3. The van der Waals surface area contributed by atoms with Gasteiger partial charge in [-0.1, -0.05) is 24.3 Å². The van der Waals surface area contributed by atoms with Gasteiger partial charge in [0.25, 0.3) is 0 Å². The van der Waals surface area contributed by atoms with Crippen molar-refractivity contribution in [2.24, 2.45) is 0 Å². The molecule has 0 N–H and O–H groups in total. The number of nitrogens with zero attached hydrogens (tertiary/aromatic N) is 5. The maximum Gasteiger partial charge on any atom is 0.320 e. The van der Waals surface area contributed by atoms with Crippen molar-refractivity contribution in [1.29, 1.82) is 0 Å². The number of hydrogen-bond acceptors (Lipinski definition) is 4. The first-order valence-electron chi connectivity index (χ1n) is 9.97. The molecule has 1 fully saturated rings. The van der Waals surface area contributed by atoms with Crippen molar-refractivity contribution in [3.05, 3.63) is 48.5 Å². The molecule has 3 aromatic rings. The molecule has 1 aromatic heterocycles. The van der Waals surface area contributed by atoms with Gasteiger partial charge in [-0.25, -0.2) is 4.98 Å². The Labute approximate surface area is 174 Å². The first-order valence-corrected chi connectivity index (χ1v) is 9.97. The summed E-state index contributed by atoms with van der Waals surface area (Å²) < 4.78 is 28.6. The van der Waals surface area contributed by atoms with Gasteiger partial charge in [0.05, 0.1) is 17.6 Å². The summed E-state index contributed by atoms with van der Waals surface area (Å²) in [6.45, 7) is 0.419. The number of halogens is 2. The summed E-state index contributed by atoms with van der Waals surface area (Å²) >= 11 is 0. The van der Waals surface area contributed by atoms with Crippen LogP contribution in [0.5, 0.6) is 0 Å². The molecule has 0 bridgehead atoms. The molecule has 0 radical (unpaired) electrons. The van der Waals surface area contributed by atoms with Crippen molar-refractivity contribution in [3.8, 4) is 11.4 Å². The lowest BCUT2D eigenvalue weighted by Gasteiger charge is -2.36. The molecule has 30 heavy (non-hydrogen) atoms. The lowest BCUT2D eigenvalue weighted by molar-refractivity contribution is -0.132. The predicted octanol–water partition coefficient (Wildman–Crippen LogP) is 3.31. The van der Waals surface area contributed by atoms with Crippen LogP contribution >= 0.6 is 0 Å². The molecule has 0 atom stereocenters. The fraction of sp³-hybridized carbons (Fsp3) is 0.364. The summed E-state index contributed by atoms with van der Waals surface area (Å²) in [4.78, 5) is 22.6. The molecule has 1 aliphatic rings. The van der Waals surface area contributed by atoms with E-state index in [1.54, 1.807) is 30.3 Å². The second-order valence-electron chi connectivity index (χ2n) is 7.73. The number of aromatic nitrogens is 2. The number of carbonyl (C=O) groups is 1. The average Bonchev–Trinajstić information content (AvgIpc) is 3.13. The second kappa shape index (κ2) is 8.39. The molecule has 158 valence electrons. The SMILES string of the molecule is CN(C)CC(=O)N1CCN(c2cccc(-c3nc4ccccc4n3C(F)F)c2)CC1. The van der Waals surface area contributed by atoms with Gasteiger partial charge in [0.1, 0.15) is 5.82 Å². The van der Waals surface area contributed by atoms with Crippen LogP contribution in [0.2, 0.25) is 0 Å². The van der Waals surface area contributed by atoms with Crippen LogP contribution in [0.25, 0.3) is 22.4 Å². The van der Waals surface area contributed by atoms with E-state index >= 15 is 0 Å². The normalized spacial score (nSPS) is 14.9. The third kappa shape index (κ3) is 4.00. The number of likely N-dealkylation sites (N-methyl/N-ethyl adjacent to an activating group) is 1. The van der Waals surface area contributed by atoms with Crippen LogP contribution in [0.1, 0.15) is 6.55 Å². The monoisotopic (exact) mass is 413 g/mol. The first kappa shape index (κ1) is 20.3. The van der Waals surface area contributed by atoms with Gasteiger partial charge in [-0.2, -0.15) is 8.78 Å². The molecular formula is C22H25F2N5O. The lowest BCUT2D eigenvalue weighted by atomic mass is 10.1. The Hall–Kier alpha value is -3.00. The maximum atomic E-state index is 13.8. The van der Waals surface area contributed by atoms with Gasteiger partial charge in [-0.3, -0.25) is 9.36 Å². The Kier molecular flexibility index (Phi) is 5.67. The molecule has 0 spiro atoms. The average molecular weight is 413 g/mol. The van der Waals surface area contributed by atoms with Crippen molar-refractivity contribution in [2.45, 2.75) is 6.55 Å². The number of imidazole rings is 1. The standard InChI is InChI=1S/C22H25F2N5O/c1-26(2)15-20(30)28-12-10-27(11-13-28)17-7-5-6-16(14-17)21-25-18-8-3-4-9-19(18)29(21)22(23)24/h3-9,14,22H,10-13,15H2,1-2H3. The van der Waals surface area contributed by atoms with Crippen molar-refractivity contribution >= 4 is 22.6 Å². The van der Waals surface area contributed by atoms with E-state index in [0.717, 1.165) is 10.3 Å². The minimum absolute atomic E-state index is 0.124. The van der Waals surface area contributed by atoms with Gasteiger partial charge in [-0.05, 0) is 38.4 Å². The number of benzene rings is 2. The molecule has 6 nitrogen and oxygen atoms in total. The Morgan fingerprint density at radius 3 is 2.50 bits per heavy atom. The fourth-order valence-electron chi connectivity index (χ4n) is 3.87. The summed E-state index contributed by atoms with van der Waals surface area (Å²) in [5.41, 5.74) is 2.56. The van der Waals surface area contributed by atoms with E-state index in [-0.39, 0.29) is 11.7 Å². The predicted molar refractivity (Wildman–Crippen MR) is 114 cm³/mol. The third-order valence-electron chi connectivity index (χ3n) is 5.34. The smallest absolute Gasteiger partial charge is 0.320 e. The highest BCUT2D eigenvalue weighted by molar-refractivity contribution is 5.81. The summed E-state index contributed by atoms with van der Waals surface area (Å²) in [5.74, 6) is 0.381. The highest BCUT2D eigenvalue weighted by Crippen LogP contribution is 2.31. The minimum Gasteiger partial charge on any atom is -0.368 e. The number of hydrogen-bond donors (Lipinski definition) is 0. The van der Waals surface area contributed by atoms with Crippen molar-refractivity contribution < 1.29 is 13.6 Å². The summed E-state index contributed by atoms with van der Waals surface area (Å²) in [6.07, 6.45) is 0. The van der Waals surface area contributed by atoms with Crippen LogP contribution in [0.15, 0.2) is 48.5 Å². The molecule has 1 saturated heterocycles. The largest absolute Gasteiger partial charge is 0.368 e. The van der Waals surface area contributed by atoms with Crippen LogP contribution in [0.3, 0.4) is 0 Å².